The predicted molar refractivity (Wildman–Crippen MR) is 84.7 cm³/mol. The number of amides is 1. The summed E-state index contributed by atoms with van der Waals surface area (Å²) in [6.45, 7) is 4.87. The van der Waals surface area contributed by atoms with Gasteiger partial charge in [0.25, 0.3) is 0 Å². The van der Waals surface area contributed by atoms with Crippen LogP contribution < -0.4 is 11.1 Å². The molecular weight excluding hydrogens is 359 g/mol. The summed E-state index contributed by atoms with van der Waals surface area (Å²) in [6.07, 6.45) is 2.76. The van der Waals surface area contributed by atoms with Crippen LogP contribution in [0.3, 0.4) is 0 Å². The number of aliphatic imine (C=N–C) groups is 1. The molecule has 2 aliphatic heterocycles. The van der Waals surface area contributed by atoms with E-state index in [-0.39, 0.29) is 42.0 Å². The van der Waals surface area contributed by atoms with Crippen LogP contribution in [0.4, 0.5) is 0 Å². The molecule has 0 bridgehead atoms. The highest BCUT2D eigenvalue weighted by atomic mass is 127. The Morgan fingerprint density at radius 2 is 2.42 bits per heavy atom. The first-order chi connectivity index (χ1) is 8.65. The molecule has 1 amide bonds. The molecule has 0 aliphatic carbocycles. The molecular formula is C12H23IN4O2. The van der Waals surface area contributed by atoms with E-state index in [1.54, 1.807) is 0 Å². The van der Waals surface area contributed by atoms with E-state index < -0.39 is 0 Å². The number of carbonyl (C=O) groups is 1. The first-order valence-corrected chi connectivity index (χ1v) is 6.61. The van der Waals surface area contributed by atoms with Crippen molar-refractivity contribution in [3.8, 4) is 0 Å². The second kappa shape index (κ2) is 7.88. The molecule has 0 aromatic heterocycles. The smallest absolute Gasteiger partial charge is 0.220 e. The lowest BCUT2D eigenvalue weighted by Crippen LogP contribution is -2.48. The zero-order valence-corrected chi connectivity index (χ0v) is 13.6. The second-order valence-corrected chi connectivity index (χ2v) is 4.98. The molecule has 2 heterocycles. The highest BCUT2D eigenvalue weighted by Crippen LogP contribution is 2.09. The van der Waals surface area contributed by atoms with Crippen LogP contribution in [-0.2, 0) is 9.53 Å². The summed E-state index contributed by atoms with van der Waals surface area (Å²) >= 11 is 0. The highest BCUT2D eigenvalue weighted by Gasteiger charge is 2.20. The molecule has 0 aromatic rings. The highest BCUT2D eigenvalue weighted by molar-refractivity contribution is 14.0. The van der Waals surface area contributed by atoms with Crippen LogP contribution in [0.5, 0.6) is 0 Å². The molecule has 2 saturated heterocycles. The SMILES string of the molecule is CC1CN(C(N)=NCC2CCCC(=O)N2)CCO1.I. The molecule has 7 heteroatoms. The van der Waals surface area contributed by atoms with Gasteiger partial charge in [0, 0.05) is 25.6 Å². The molecule has 110 valence electrons. The van der Waals surface area contributed by atoms with Crippen LogP contribution in [0.2, 0.25) is 0 Å². The fraction of sp³-hybridized carbons (Fsp3) is 0.833. The van der Waals surface area contributed by atoms with Gasteiger partial charge in [0.2, 0.25) is 5.91 Å². The summed E-state index contributed by atoms with van der Waals surface area (Å²) < 4.78 is 5.46. The molecule has 2 atom stereocenters. The lowest BCUT2D eigenvalue weighted by molar-refractivity contribution is -0.123. The molecule has 0 spiro atoms. The number of morpholine rings is 1. The second-order valence-electron chi connectivity index (χ2n) is 4.98. The van der Waals surface area contributed by atoms with Crippen molar-refractivity contribution in [3.05, 3.63) is 0 Å². The number of hydrogen-bond acceptors (Lipinski definition) is 3. The summed E-state index contributed by atoms with van der Waals surface area (Å²) in [5.74, 6) is 0.685. The molecule has 0 aromatic carbocycles. The first-order valence-electron chi connectivity index (χ1n) is 6.61. The van der Waals surface area contributed by atoms with E-state index in [0.29, 0.717) is 25.5 Å². The topological polar surface area (TPSA) is 80.0 Å². The number of nitrogens with zero attached hydrogens (tertiary/aromatic N) is 2. The van der Waals surface area contributed by atoms with Gasteiger partial charge in [0.1, 0.15) is 0 Å². The van der Waals surface area contributed by atoms with Crippen molar-refractivity contribution < 1.29 is 9.53 Å². The Kier molecular flexibility index (Phi) is 6.84. The third-order valence-corrected chi connectivity index (χ3v) is 3.36. The van der Waals surface area contributed by atoms with Crippen LogP contribution in [0.1, 0.15) is 26.2 Å². The van der Waals surface area contributed by atoms with Crippen molar-refractivity contribution in [1.29, 1.82) is 0 Å². The Morgan fingerprint density at radius 3 is 3.11 bits per heavy atom. The van der Waals surface area contributed by atoms with Crippen molar-refractivity contribution in [2.24, 2.45) is 10.7 Å². The van der Waals surface area contributed by atoms with Gasteiger partial charge in [-0.1, -0.05) is 0 Å². The van der Waals surface area contributed by atoms with Crippen molar-refractivity contribution in [2.75, 3.05) is 26.2 Å². The fourth-order valence-electron chi connectivity index (χ4n) is 2.35. The van der Waals surface area contributed by atoms with Crippen LogP contribution in [0.15, 0.2) is 4.99 Å². The van der Waals surface area contributed by atoms with E-state index in [9.17, 15) is 4.79 Å². The Labute approximate surface area is 131 Å². The van der Waals surface area contributed by atoms with Gasteiger partial charge >= 0.3 is 0 Å². The van der Waals surface area contributed by atoms with Crippen LogP contribution in [-0.4, -0.2) is 55.2 Å². The van der Waals surface area contributed by atoms with Gasteiger partial charge < -0.3 is 20.7 Å². The van der Waals surface area contributed by atoms with Gasteiger partial charge in [-0.3, -0.25) is 9.79 Å². The number of piperidine rings is 1. The van der Waals surface area contributed by atoms with Gasteiger partial charge in [-0.05, 0) is 19.8 Å². The average Bonchev–Trinajstić information content (AvgIpc) is 2.36. The lowest BCUT2D eigenvalue weighted by Gasteiger charge is -2.32. The quantitative estimate of drug-likeness (QED) is 0.409. The number of hydrogen-bond donors (Lipinski definition) is 2. The van der Waals surface area contributed by atoms with Crippen molar-refractivity contribution >= 4 is 35.8 Å². The monoisotopic (exact) mass is 382 g/mol. The van der Waals surface area contributed by atoms with Gasteiger partial charge in [-0.15, -0.1) is 24.0 Å². The number of halogens is 1. The molecule has 2 rings (SSSR count). The molecule has 0 radical (unpaired) electrons. The first kappa shape index (κ1) is 16.5. The molecule has 2 unspecified atom stereocenters. The Hall–Kier alpha value is -0.570. The van der Waals surface area contributed by atoms with Gasteiger partial charge in [0.05, 0.1) is 19.3 Å². The van der Waals surface area contributed by atoms with Crippen molar-refractivity contribution in [3.63, 3.8) is 0 Å². The molecule has 3 N–H and O–H groups in total. The number of ether oxygens (including phenoxy) is 1. The van der Waals surface area contributed by atoms with Gasteiger partial charge in [0.15, 0.2) is 5.96 Å². The van der Waals surface area contributed by atoms with Crippen LogP contribution in [0.25, 0.3) is 0 Å². The zero-order chi connectivity index (χ0) is 13.0. The molecule has 2 fully saturated rings. The van der Waals surface area contributed by atoms with Crippen LogP contribution in [0, 0.1) is 0 Å². The third kappa shape index (κ3) is 5.13. The lowest BCUT2D eigenvalue weighted by atomic mass is 10.0. The number of nitrogens with one attached hydrogen (secondary N) is 1. The Bertz CT molecular complexity index is 338. The largest absolute Gasteiger partial charge is 0.375 e. The molecule has 2 aliphatic rings. The predicted octanol–water partition coefficient (Wildman–Crippen LogP) is 0.309. The summed E-state index contributed by atoms with van der Waals surface area (Å²) in [5.41, 5.74) is 5.97. The molecule has 0 saturated carbocycles. The van der Waals surface area contributed by atoms with Crippen molar-refractivity contribution in [1.82, 2.24) is 10.2 Å². The zero-order valence-electron chi connectivity index (χ0n) is 11.3. The summed E-state index contributed by atoms with van der Waals surface area (Å²) in [7, 11) is 0. The van der Waals surface area contributed by atoms with Gasteiger partial charge in [-0.2, -0.15) is 0 Å². The number of nitrogens with two attached hydrogens (primary N) is 1. The van der Waals surface area contributed by atoms with E-state index in [0.717, 1.165) is 25.9 Å². The minimum atomic E-state index is 0. The number of guanidine groups is 1. The van der Waals surface area contributed by atoms with E-state index >= 15 is 0 Å². The number of carbonyl (C=O) groups excluding carboxylic acids is 1. The summed E-state index contributed by atoms with van der Waals surface area (Å²) in [5, 5.41) is 2.94. The van der Waals surface area contributed by atoms with E-state index in [4.69, 9.17) is 10.5 Å². The fourth-order valence-corrected chi connectivity index (χ4v) is 2.35. The van der Waals surface area contributed by atoms with Crippen LogP contribution >= 0.6 is 24.0 Å². The van der Waals surface area contributed by atoms with E-state index in [2.05, 4.69) is 10.3 Å². The standard InChI is InChI=1S/C12H22N4O2.HI/c1-9-8-16(5-6-18-9)12(13)14-7-10-3-2-4-11(17)15-10;/h9-10H,2-8H2,1H3,(H2,13,14)(H,15,17);1H. The Balaban J connectivity index is 0.00000180. The van der Waals surface area contributed by atoms with Gasteiger partial charge in [-0.25, -0.2) is 0 Å². The maximum atomic E-state index is 11.2. The molecule has 19 heavy (non-hydrogen) atoms. The number of rotatable bonds is 2. The van der Waals surface area contributed by atoms with Crippen molar-refractivity contribution in [2.45, 2.75) is 38.3 Å². The normalized spacial score (nSPS) is 28.6. The minimum absolute atomic E-state index is 0. The summed E-state index contributed by atoms with van der Waals surface area (Å²) in [4.78, 5) is 17.7. The Morgan fingerprint density at radius 1 is 1.63 bits per heavy atom. The molecule has 6 nitrogen and oxygen atoms in total. The maximum absolute atomic E-state index is 11.2. The minimum Gasteiger partial charge on any atom is -0.375 e. The van der Waals surface area contributed by atoms with E-state index in [1.807, 2.05) is 11.8 Å². The maximum Gasteiger partial charge on any atom is 0.220 e. The van der Waals surface area contributed by atoms with E-state index in [1.165, 1.54) is 0 Å². The summed E-state index contributed by atoms with van der Waals surface area (Å²) in [6, 6.07) is 0.142. The third-order valence-electron chi connectivity index (χ3n) is 3.36. The average molecular weight is 382 g/mol.